The van der Waals surface area contributed by atoms with Crippen molar-refractivity contribution in [2.75, 3.05) is 26.2 Å². The largest absolute Gasteiger partial charge is 0.370 e. The van der Waals surface area contributed by atoms with Crippen molar-refractivity contribution in [3.63, 3.8) is 0 Å². The van der Waals surface area contributed by atoms with E-state index in [4.69, 9.17) is 17.3 Å². The predicted octanol–water partition coefficient (Wildman–Crippen LogP) is 2.80. The lowest BCUT2D eigenvalue weighted by Gasteiger charge is -2.29. The minimum Gasteiger partial charge on any atom is -0.370 e. The van der Waals surface area contributed by atoms with Crippen LogP contribution in [-0.4, -0.2) is 37.0 Å². The molecule has 0 unspecified atom stereocenters. The van der Waals surface area contributed by atoms with E-state index in [-0.39, 0.29) is 24.0 Å². The second kappa shape index (κ2) is 9.37. The summed E-state index contributed by atoms with van der Waals surface area (Å²) in [6.07, 6.45) is 1.01. The van der Waals surface area contributed by atoms with Crippen molar-refractivity contribution in [1.29, 1.82) is 0 Å². The fourth-order valence-electron chi connectivity index (χ4n) is 2.43. The summed E-state index contributed by atoms with van der Waals surface area (Å²) in [4.78, 5) is 6.60. The second-order valence-corrected chi connectivity index (χ2v) is 5.90. The summed E-state index contributed by atoms with van der Waals surface area (Å²) in [7, 11) is 0. The van der Waals surface area contributed by atoms with Gasteiger partial charge in [0.25, 0.3) is 0 Å². The zero-order valence-electron chi connectivity index (χ0n) is 12.9. The first kappa shape index (κ1) is 19.3. The van der Waals surface area contributed by atoms with Crippen molar-refractivity contribution in [1.82, 2.24) is 10.2 Å². The third-order valence-corrected chi connectivity index (χ3v) is 3.90. The molecule has 1 aliphatic heterocycles. The lowest BCUT2D eigenvalue weighted by atomic mass is 10.00. The Hall–Kier alpha value is -0.790. The van der Waals surface area contributed by atoms with E-state index in [0.29, 0.717) is 12.5 Å². The van der Waals surface area contributed by atoms with Gasteiger partial charge in [-0.25, -0.2) is 4.99 Å². The Balaban J connectivity index is 0.00000242. The smallest absolute Gasteiger partial charge is 0.188 e. The quantitative estimate of drug-likeness (QED) is 0.324. The van der Waals surface area contributed by atoms with Crippen LogP contribution in [0.25, 0.3) is 0 Å². The Morgan fingerprint density at radius 1 is 1.50 bits per heavy atom. The molecule has 0 aliphatic carbocycles. The van der Waals surface area contributed by atoms with Gasteiger partial charge >= 0.3 is 0 Å². The van der Waals surface area contributed by atoms with Gasteiger partial charge in [0.05, 0.1) is 6.54 Å². The molecule has 122 valence electrons. The number of nitrogens with zero attached hydrogens (tertiary/aromatic N) is 2. The maximum atomic E-state index is 6.23. The van der Waals surface area contributed by atoms with Crippen LogP contribution in [0.2, 0.25) is 5.02 Å². The highest BCUT2D eigenvalue weighted by atomic mass is 127. The van der Waals surface area contributed by atoms with Crippen LogP contribution in [0.15, 0.2) is 35.3 Å². The molecule has 1 aromatic carbocycles. The van der Waals surface area contributed by atoms with Crippen LogP contribution in [0.3, 0.4) is 0 Å². The van der Waals surface area contributed by atoms with Gasteiger partial charge in [-0.1, -0.05) is 35.9 Å². The Labute approximate surface area is 154 Å². The fraction of sp³-hybridized carbons (Fsp3) is 0.438. The van der Waals surface area contributed by atoms with E-state index in [9.17, 15) is 0 Å². The van der Waals surface area contributed by atoms with E-state index >= 15 is 0 Å². The van der Waals surface area contributed by atoms with Crippen molar-refractivity contribution < 1.29 is 0 Å². The minimum atomic E-state index is 0. The third-order valence-electron chi connectivity index (χ3n) is 3.54. The molecule has 22 heavy (non-hydrogen) atoms. The number of fused-ring (bicyclic) bond motifs is 1. The van der Waals surface area contributed by atoms with Crippen LogP contribution < -0.4 is 11.1 Å². The molecule has 0 spiro atoms. The summed E-state index contributed by atoms with van der Waals surface area (Å²) in [6, 6.07) is 6.14. The summed E-state index contributed by atoms with van der Waals surface area (Å²) in [5, 5.41) is 4.03. The molecule has 0 saturated heterocycles. The van der Waals surface area contributed by atoms with Gasteiger partial charge in [-0.15, -0.1) is 24.0 Å². The van der Waals surface area contributed by atoms with Crippen LogP contribution in [-0.2, 0) is 13.0 Å². The standard InChI is InChI=1S/C16H23ClN4.HI/c1-12(2)10-20-16(18)19-7-9-21-8-6-14-13(11-21)4-3-5-15(14)17;/h3-5H,1,6-11H2,2H3,(H3,18,19,20);1H. The lowest BCUT2D eigenvalue weighted by Crippen LogP contribution is -2.40. The second-order valence-electron chi connectivity index (χ2n) is 5.49. The van der Waals surface area contributed by atoms with E-state index in [1.54, 1.807) is 0 Å². The highest BCUT2D eigenvalue weighted by Gasteiger charge is 2.17. The average molecular weight is 435 g/mol. The first-order valence-corrected chi connectivity index (χ1v) is 7.61. The predicted molar refractivity (Wildman–Crippen MR) is 105 cm³/mol. The summed E-state index contributed by atoms with van der Waals surface area (Å²) >= 11 is 6.23. The number of hydrogen-bond acceptors (Lipinski definition) is 2. The van der Waals surface area contributed by atoms with Crippen molar-refractivity contribution in [2.45, 2.75) is 19.9 Å². The van der Waals surface area contributed by atoms with Crippen LogP contribution in [0.4, 0.5) is 0 Å². The molecule has 0 radical (unpaired) electrons. The van der Waals surface area contributed by atoms with Crippen molar-refractivity contribution >= 4 is 41.5 Å². The van der Waals surface area contributed by atoms with Gasteiger partial charge in [-0.3, -0.25) is 4.90 Å². The zero-order chi connectivity index (χ0) is 15.2. The molecular weight excluding hydrogens is 411 g/mol. The highest BCUT2D eigenvalue weighted by molar-refractivity contribution is 14.0. The molecule has 0 fully saturated rings. The minimum absolute atomic E-state index is 0. The average Bonchev–Trinajstić information content (AvgIpc) is 2.45. The van der Waals surface area contributed by atoms with Gasteiger partial charge in [-0.05, 0) is 30.5 Å². The Morgan fingerprint density at radius 2 is 2.27 bits per heavy atom. The van der Waals surface area contributed by atoms with E-state index in [1.165, 1.54) is 11.1 Å². The number of guanidine groups is 1. The molecule has 6 heteroatoms. The summed E-state index contributed by atoms with van der Waals surface area (Å²) in [5.41, 5.74) is 9.43. The molecule has 0 atom stereocenters. The first-order chi connectivity index (χ1) is 10.1. The monoisotopic (exact) mass is 434 g/mol. The highest BCUT2D eigenvalue weighted by Crippen LogP contribution is 2.25. The van der Waals surface area contributed by atoms with Crippen LogP contribution >= 0.6 is 35.6 Å². The molecule has 4 nitrogen and oxygen atoms in total. The number of nitrogens with one attached hydrogen (secondary N) is 1. The third kappa shape index (κ3) is 5.78. The van der Waals surface area contributed by atoms with Gasteiger partial charge in [0.1, 0.15) is 0 Å². The van der Waals surface area contributed by atoms with Gasteiger partial charge in [-0.2, -0.15) is 0 Å². The maximum absolute atomic E-state index is 6.23. The lowest BCUT2D eigenvalue weighted by molar-refractivity contribution is 0.258. The van der Waals surface area contributed by atoms with Gasteiger partial charge in [0, 0.05) is 31.2 Å². The van der Waals surface area contributed by atoms with Crippen LogP contribution in [0.1, 0.15) is 18.1 Å². The van der Waals surface area contributed by atoms with Crippen LogP contribution in [0, 0.1) is 0 Å². The number of benzene rings is 1. The van der Waals surface area contributed by atoms with Gasteiger partial charge in [0.2, 0.25) is 0 Å². The van der Waals surface area contributed by atoms with Crippen molar-refractivity contribution in [2.24, 2.45) is 10.7 Å². The molecule has 2 rings (SSSR count). The summed E-state index contributed by atoms with van der Waals surface area (Å²) in [6.45, 7) is 10.0. The fourth-order valence-corrected chi connectivity index (χ4v) is 2.72. The molecule has 1 aromatic rings. The van der Waals surface area contributed by atoms with E-state index < -0.39 is 0 Å². The summed E-state index contributed by atoms with van der Waals surface area (Å²) < 4.78 is 0. The Bertz CT molecular complexity index is 545. The number of hydrogen-bond donors (Lipinski definition) is 2. The topological polar surface area (TPSA) is 53.6 Å². The zero-order valence-corrected chi connectivity index (χ0v) is 16.0. The van der Waals surface area contributed by atoms with E-state index in [1.807, 2.05) is 19.1 Å². The molecule has 1 aliphatic rings. The van der Waals surface area contributed by atoms with Gasteiger partial charge in [0.15, 0.2) is 5.96 Å². The summed E-state index contributed by atoms with van der Waals surface area (Å²) in [5.74, 6) is 0.485. The Morgan fingerprint density at radius 3 is 3.00 bits per heavy atom. The maximum Gasteiger partial charge on any atom is 0.188 e. The SMILES string of the molecule is C=C(C)CN=C(N)NCCN1CCc2c(Cl)cccc2C1.I. The Kier molecular flexibility index (Phi) is 8.20. The van der Waals surface area contributed by atoms with E-state index in [0.717, 1.165) is 43.2 Å². The van der Waals surface area contributed by atoms with Crippen molar-refractivity contribution in [3.05, 3.63) is 46.5 Å². The molecule has 0 saturated carbocycles. The van der Waals surface area contributed by atoms with Crippen LogP contribution in [0.5, 0.6) is 0 Å². The molecule has 0 aromatic heterocycles. The molecular formula is C16H24ClIN4. The molecule has 1 heterocycles. The molecule has 3 N–H and O–H groups in total. The normalized spacial score (nSPS) is 14.9. The molecule has 0 amide bonds. The number of nitrogens with two attached hydrogens (primary N) is 1. The number of aliphatic imine (C=N–C) groups is 1. The van der Waals surface area contributed by atoms with Crippen molar-refractivity contribution in [3.8, 4) is 0 Å². The number of rotatable bonds is 5. The first-order valence-electron chi connectivity index (χ1n) is 7.23. The number of halogens is 2. The van der Waals surface area contributed by atoms with E-state index in [2.05, 4.69) is 27.9 Å². The van der Waals surface area contributed by atoms with Gasteiger partial charge < -0.3 is 11.1 Å². The molecule has 0 bridgehead atoms.